The van der Waals surface area contributed by atoms with Crippen LogP contribution in [0.2, 0.25) is 0 Å². The molecule has 0 bridgehead atoms. The lowest BCUT2D eigenvalue weighted by Crippen LogP contribution is -2.09. The average molecular weight is 207 g/mol. The van der Waals surface area contributed by atoms with E-state index in [0.29, 0.717) is 0 Å². The molecule has 0 aromatic carbocycles. The zero-order valence-electron chi connectivity index (χ0n) is 8.32. The summed E-state index contributed by atoms with van der Waals surface area (Å²) < 4.78 is 2.06. The van der Waals surface area contributed by atoms with Gasteiger partial charge in [-0.3, -0.25) is 0 Å². The number of aromatic nitrogens is 2. The molecule has 1 N–H and O–H groups in total. The van der Waals surface area contributed by atoms with Gasteiger partial charge in [0.15, 0.2) is 0 Å². The highest BCUT2D eigenvalue weighted by Gasteiger charge is 2.06. The van der Waals surface area contributed by atoms with E-state index >= 15 is 0 Å². The molecule has 0 saturated heterocycles. The maximum atomic E-state index is 4.55. The summed E-state index contributed by atoms with van der Waals surface area (Å²) in [5.74, 6) is 1.07. The molecule has 74 valence electrons. The van der Waals surface area contributed by atoms with Crippen LogP contribution in [0.25, 0.3) is 10.6 Å². The lowest BCUT2D eigenvalue weighted by molar-refractivity contribution is 0.710. The number of rotatable bonds is 3. The van der Waals surface area contributed by atoms with E-state index in [2.05, 4.69) is 32.5 Å². The average Bonchev–Trinajstić information content (AvgIpc) is 2.76. The van der Waals surface area contributed by atoms with Gasteiger partial charge in [-0.25, -0.2) is 4.98 Å². The highest BCUT2D eigenvalue weighted by atomic mass is 32.1. The van der Waals surface area contributed by atoms with Crippen molar-refractivity contribution in [2.45, 2.75) is 6.54 Å². The minimum atomic E-state index is 0.807. The highest BCUT2D eigenvalue weighted by Crippen LogP contribution is 2.23. The molecule has 0 amide bonds. The Balaban J connectivity index is 2.33. The van der Waals surface area contributed by atoms with Crippen LogP contribution in [0.4, 0.5) is 0 Å². The zero-order chi connectivity index (χ0) is 9.97. The van der Waals surface area contributed by atoms with Gasteiger partial charge in [-0.1, -0.05) is 6.07 Å². The van der Waals surface area contributed by atoms with Crippen molar-refractivity contribution in [1.29, 1.82) is 0 Å². The fourth-order valence-electron chi connectivity index (χ4n) is 1.37. The van der Waals surface area contributed by atoms with Crippen molar-refractivity contribution in [2.75, 3.05) is 7.05 Å². The van der Waals surface area contributed by atoms with Crippen LogP contribution in [-0.4, -0.2) is 16.6 Å². The van der Waals surface area contributed by atoms with E-state index < -0.39 is 0 Å². The first-order valence-electron chi connectivity index (χ1n) is 4.52. The van der Waals surface area contributed by atoms with Gasteiger partial charge in [0, 0.05) is 13.2 Å². The van der Waals surface area contributed by atoms with Gasteiger partial charge in [0.2, 0.25) is 0 Å². The van der Waals surface area contributed by atoms with E-state index in [4.69, 9.17) is 0 Å². The summed E-state index contributed by atoms with van der Waals surface area (Å²) in [6.45, 7) is 0.807. The monoisotopic (exact) mass is 207 g/mol. The van der Waals surface area contributed by atoms with E-state index in [9.17, 15) is 0 Å². The van der Waals surface area contributed by atoms with Crippen LogP contribution in [0.3, 0.4) is 0 Å². The van der Waals surface area contributed by atoms with Crippen LogP contribution in [0.5, 0.6) is 0 Å². The van der Waals surface area contributed by atoms with Crippen LogP contribution in [0.15, 0.2) is 23.7 Å². The minimum absolute atomic E-state index is 0.807. The fourth-order valence-corrected chi connectivity index (χ4v) is 2.05. The Morgan fingerprint density at radius 1 is 1.57 bits per heavy atom. The van der Waals surface area contributed by atoms with Gasteiger partial charge in [-0.05, 0) is 18.5 Å². The molecule has 0 fully saturated rings. The molecule has 0 atom stereocenters. The lowest BCUT2D eigenvalue weighted by atomic mass is 10.4. The maximum Gasteiger partial charge on any atom is 0.123 e. The Morgan fingerprint density at radius 3 is 3.07 bits per heavy atom. The van der Waals surface area contributed by atoms with E-state index in [0.717, 1.165) is 18.1 Å². The third-order valence-electron chi connectivity index (χ3n) is 2.08. The Labute approximate surface area is 87.4 Å². The van der Waals surface area contributed by atoms with Crippen molar-refractivity contribution in [2.24, 2.45) is 7.05 Å². The Hall–Kier alpha value is -1.13. The molecule has 0 radical (unpaired) electrons. The van der Waals surface area contributed by atoms with Gasteiger partial charge in [0.05, 0.1) is 17.1 Å². The smallest absolute Gasteiger partial charge is 0.123 e. The predicted molar refractivity (Wildman–Crippen MR) is 59.3 cm³/mol. The minimum Gasteiger partial charge on any atom is -0.336 e. The maximum absolute atomic E-state index is 4.55. The third-order valence-corrected chi connectivity index (χ3v) is 2.97. The number of hydrogen-bond donors (Lipinski definition) is 1. The molecule has 2 aromatic heterocycles. The Bertz CT molecular complexity index is 403. The number of hydrogen-bond acceptors (Lipinski definition) is 3. The number of imidazole rings is 1. The Morgan fingerprint density at radius 2 is 2.43 bits per heavy atom. The quantitative estimate of drug-likeness (QED) is 0.832. The summed E-state index contributed by atoms with van der Waals surface area (Å²) in [6.07, 6.45) is 2.07. The molecule has 0 aliphatic heterocycles. The normalized spacial score (nSPS) is 10.7. The highest BCUT2D eigenvalue weighted by molar-refractivity contribution is 7.13. The SMILES string of the molecule is CNCc1nc(-c2cccs2)cn1C. The van der Waals surface area contributed by atoms with Gasteiger partial charge in [-0.2, -0.15) is 0 Å². The second-order valence-corrected chi connectivity index (χ2v) is 4.11. The first-order chi connectivity index (χ1) is 6.81. The van der Waals surface area contributed by atoms with Crippen molar-refractivity contribution in [3.8, 4) is 10.6 Å². The molecular weight excluding hydrogens is 194 g/mol. The van der Waals surface area contributed by atoms with Crippen LogP contribution in [-0.2, 0) is 13.6 Å². The molecule has 0 saturated carbocycles. The molecule has 3 nitrogen and oxygen atoms in total. The summed E-state index contributed by atoms with van der Waals surface area (Å²) in [7, 11) is 3.95. The number of aryl methyl sites for hydroxylation is 1. The number of nitrogens with zero attached hydrogens (tertiary/aromatic N) is 2. The van der Waals surface area contributed by atoms with Gasteiger partial charge in [-0.15, -0.1) is 11.3 Å². The zero-order valence-corrected chi connectivity index (χ0v) is 9.14. The van der Waals surface area contributed by atoms with Crippen LogP contribution < -0.4 is 5.32 Å². The molecule has 4 heteroatoms. The third kappa shape index (κ3) is 1.71. The molecule has 2 heterocycles. The standard InChI is InChI=1S/C10H13N3S/c1-11-6-10-12-8(7-13(10)2)9-4-3-5-14-9/h3-5,7,11H,6H2,1-2H3. The molecule has 0 aliphatic carbocycles. The van der Waals surface area contributed by atoms with Gasteiger partial charge in [0.25, 0.3) is 0 Å². The summed E-state index contributed by atoms with van der Waals surface area (Å²) in [4.78, 5) is 5.78. The first-order valence-corrected chi connectivity index (χ1v) is 5.40. The number of thiophene rings is 1. The van der Waals surface area contributed by atoms with Gasteiger partial charge < -0.3 is 9.88 Å². The van der Waals surface area contributed by atoms with E-state index in [-0.39, 0.29) is 0 Å². The van der Waals surface area contributed by atoms with Crippen LogP contribution in [0.1, 0.15) is 5.82 Å². The van der Waals surface area contributed by atoms with Crippen molar-refractivity contribution >= 4 is 11.3 Å². The summed E-state index contributed by atoms with van der Waals surface area (Å²) >= 11 is 1.72. The van der Waals surface area contributed by atoms with Gasteiger partial charge in [0.1, 0.15) is 5.82 Å². The topological polar surface area (TPSA) is 29.9 Å². The van der Waals surface area contributed by atoms with E-state index in [1.54, 1.807) is 11.3 Å². The molecule has 2 aromatic rings. The molecular formula is C10H13N3S. The van der Waals surface area contributed by atoms with Crippen molar-refractivity contribution < 1.29 is 0 Å². The Kier molecular flexibility index (Phi) is 2.65. The fraction of sp³-hybridized carbons (Fsp3) is 0.300. The second kappa shape index (κ2) is 3.94. The molecule has 0 spiro atoms. The van der Waals surface area contributed by atoms with E-state index in [1.807, 2.05) is 20.2 Å². The largest absolute Gasteiger partial charge is 0.336 e. The van der Waals surface area contributed by atoms with Crippen molar-refractivity contribution in [3.63, 3.8) is 0 Å². The summed E-state index contributed by atoms with van der Waals surface area (Å²) in [5.41, 5.74) is 1.06. The van der Waals surface area contributed by atoms with Gasteiger partial charge >= 0.3 is 0 Å². The molecule has 2 rings (SSSR count). The molecule has 14 heavy (non-hydrogen) atoms. The molecule has 0 aliphatic rings. The van der Waals surface area contributed by atoms with Crippen LogP contribution >= 0.6 is 11.3 Å². The van der Waals surface area contributed by atoms with Crippen molar-refractivity contribution in [1.82, 2.24) is 14.9 Å². The predicted octanol–water partition coefficient (Wildman–Crippen LogP) is 1.87. The first kappa shape index (κ1) is 9.43. The van der Waals surface area contributed by atoms with E-state index in [1.165, 1.54) is 4.88 Å². The summed E-state index contributed by atoms with van der Waals surface area (Å²) in [6, 6.07) is 4.14. The molecule has 0 unspecified atom stereocenters. The van der Waals surface area contributed by atoms with Crippen LogP contribution in [0, 0.1) is 0 Å². The second-order valence-electron chi connectivity index (χ2n) is 3.16. The summed E-state index contributed by atoms with van der Waals surface area (Å²) in [5, 5.41) is 5.17. The van der Waals surface area contributed by atoms with Crippen molar-refractivity contribution in [3.05, 3.63) is 29.5 Å². The number of nitrogens with one attached hydrogen (secondary N) is 1. The lowest BCUT2D eigenvalue weighted by Gasteiger charge is -1.97.